The summed E-state index contributed by atoms with van der Waals surface area (Å²) in [7, 11) is 0. The molecule has 0 radical (unpaired) electrons. The van der Waals surface area contributed by atoms with Gasteiger partial charge in [-0.05, 0) is 23.6 Å². The molecule has 2 N–H and O–H groups in total. The van der Waals surface area contributed by atoms with Crippen LogP contribution in [0.15, 0.2) is 24.3 Å². The molecule has 0 aromatic heterocycles. The molecule has 0 saturated carbocycles. The molecule has 0 aliphatic carbocycles. The van der Waals surface area contributed by atoms with Crippen molar-refractivity contribution in [1.29, 1.82) is 0 Å². The number of nitrogens with one attached hydrogen (secondary N) is 2. The predicted molar refractivity (Wildman–Crippen MR) is 68.7 cm³/mol. The molecule has 1 saturated heterocycles. The molecule has 0 atom stereocenters. The van der Waals surface area contributed by atoms with E-state index in [2.05, 4.69) is 24.5 Å². The molecule has 1 fully saturated rings. The molecule has 3 heteroatoms. The van der Waals surface area contributed by atoms with Crippen LogP contribution >= 0.6 is 0 Å². The minimum Gasteiger partial charge on any atom is -0.316 e. The Hall–Kier alpha value is -0.930. The Morgan fingerprint density at radius 2 is 2.18 bits per heavy atom. The molecular formula is C14H21FN2. The van der Waals surface area contributed by atoms with Crippen molar-refractivity contribution in [2.75, 3.05) is 26.2 Å². The zero-order valence-corrected chi connectivity index (χ0v) is 10.6. The minimum atomic E-state index is -0.154. The van der Waals surface area contributed by atoms with E-state index < -0.39 is 0 Å². The summed E-state index contributed by atoms with van der Waals surface area (Å²) >= 11 is 0. The summed E-state index contributed by atoms with van der Waals surface area (Å²) in [6.07, 6.45) is 0. The molecule has 0 unspecified atom stereocenters. The van der Waals surface area contributed by atoms with E-state index in [0.717, 1.165) is 37.7 Å². The van der Waals surface area contributed by atoms with Gasteiger partial charge < -0.3 is 10.6 Å². The third kappa shape index (κ3) is 3.27. The van der Waals surface area contributed by atoms with Gasteiger partial charge in [-0.15, -0.1) is 0 Å². The van der Waals surface area contributed by atoms with E-state index in [1.165, 1.54) is 6.07 Å². The van der Waals surface area contributed by atoms with Crippen molar-refractivity contribution in [1.82, 2.24) is 10.6 Å². The molecule has 2 nitrogen and oxygen atoms in total. The lowest BCUT2D eigenvalue weighted by Gasteiger charge is -2.30. The van der Waals surface area contributed by atoms with Crippen molar-refractivity contribution in [3.63, 3.8) is 0 Å². The topological polar surface area (TPSA) is 24.1 Å². The Kier molecular flexibility index (Phi) is 3.79. The van der Waals surface area contributed by atoms with Crippen molar-refractivity contribution in [2.24, 2.45) is 5.92 Å². The minimum absolute atomic E-state index is 0.0285. The van der Waals surface area contributed by atoms with Crippen LogP contribution in [-0.4, -0.2) is 26.2 Å². The van der Waals surface area contributed by atoms with Crippen molar-refractivity contribution in [3.05, 3.63) is 35.6 Å². The fraction of sp³-hybridized carbons (Fsp3) is 0.571. The van der Waals surface area contributed by atoms with E-state index >= 15 is 0 Å². The molecule has 1 aromatic carbocycles. The summed E-state index contributed by atoms with van der Waals surface area (Å²) in [6.45, 7) is 8.46. The Labute approximate surface area is 103 Å². The molecule has 17 heavy (non-hydrogen) atoms. The fourth-order valence-corrected chi connectivity index (χ4v) is 2.09. The first-order valence-electron chi connectivity index (χ1n) is 6.25. The van der Waals surface area contributed by atoms with E-state index in [0.29, 0.717) is 0 Å². The van der Waals surface area contributed by atoms with Gasteiger partial charge in [-0.1, -0.05) is 26.0 Å². The number of halogens is 1. The summed E-state index contributed by atoms with van der Waals surface area (Å²) < 4.78 is 13.2. The zero-order valence-electron chi connectivity index (χ0n) is 10.6. The predicted octanol–water partition coefficient (Wildman–Crippen LogP) is 1.91. The quantitative estimate of drug-likeness (QED) is 0.816. The molecule has 0 spiro atoms. The highest BCUT2D eigenvalue weighted by molar-refractivity contribution is 5.24. The van der Waals surface area contributed by atoms with Crippen LogP contribution < -0.4 is 10.6 Å². The first-order valence-corrected chi connectivity index (χ1v) is 6.25. The fourth-order valence-electron chi connectivity index (χ4n) is 2.09. The SMILES string of the molecule is CC(C)(CNCC1CNC1)c1cccc(F)c1. The van der Waals surface area contributed by atoms with E-state index in [1.54, 1.807) is 12.1 Å². The van der Waals surface area contributed by atoms with Gasteiger partial charge in [0.2, 0.25) is 0 Å². The monoisotopic (exact) mass is 236 g/mol. The number of rotatable bonds is 5. The Morgan fingerprint density at radius 3 is 2.76 bits per heavy atom. The summed E-state index contributed by atoms with van der Waals surface area (Å²) in [6, 6.07) is 6.90. The average Bonchev–Trinajstić information content (AvgIpc) is 2.22. The summed E-state index contributed by atoms with van der Waals surface area (Å²) in [5, 5.41) is 6.74. The van der Waals surface area contributed by atoms with Crippen LogP contribution in [0.25, 0.3) is 0 Å². The summed E-state index contributed by atoms with van der Waals surface area (Å²) in [5.74, 6) is 0.608. The lowest BCUT2D eigenvalue weighted by Crippen LogP contribution is -2.48. The van der Waals surface area contributed by atoms with E-state index in [4.69, 9.17) is 0 Å². The van der Waals surface area contributed by atoms with Crippen LogP contribution in [0, 0.1) is 11.7 Å². The molecule has 2 rings (SSSR count). The van der Waals surface area contributed by atoms with Crippen molar-refractivity contribution in [3.8, 4) is 0 Å². The van der Waals surface area contributed by atoms with Gasteiger partial charge in [0.1, 0.15) is 5.82 Å². The first-order chi connectivity index (χ1) is 8.08. The molecule has 0 amide bonds. The van der Waals surface area contributed by atoms with Crippen LogP contribution in [-0.2, 0) is 5.41 Å². The second-order valence-corrected chi connectivity index (χ2v) is 5.55. The van der Waals surface area contributed by atoms with E-state index in [9.17, 15) is 4.39 Å². The molecular weight excluding hydrogens is 215 g/mol. The highest BCUT2D eigenvalue weighted by Crippen LogP contribution is 2.22. The second-order valence-electron chi connectivity index (χ2n) is 5.55. The van der Waals surface area contributed by atoms with Gasteiger partial charge in [0, 0.05) is 31.6 Å². The lowest BCUT2D eigenvalue weighted by molar-refractivity contribution is 0.319. The maximum Gasteiger partial charge on any atom is 0.123 e. The highest BCUT2D eigenvalue weighted by Gasteiger charge is 2.22. The number of hydrogen-bond donors (Lipinski definition) is 2. The number of hydrogen-bond acceptors (Lipinski definition) is 2. The maximum absolute atomic E-state index is 13.2. The summed E-state index contributed by atoms with van der Waals surface area (Å²) in [4.78, 5) is 0. The normalized spacial score (nSPS) is 16.9. The smallest absolute Gasteiger partial charge is 0.123 e. The third-order valence-electron chi connectivity index (χ3n) is 3.47. The van der Waals surface area contributed by atoms with E-state index in [1.807, 2.05) is 6.07 Å². The van der Waals surface area contributed by atoms with Gasteiger partial charge in [-0.25, -0.2) is 4.39 Å². The average molecular weight is 236 g/mol. The van der Waals surface area contributed by atoms with Gasteiger partial charge in [0.05, 0.1) is 0 Å². The third-order valence-corrected chi connectivity index (χ3v) is 3.47. The van der Waals surface area contributed by atoms with Gasteiger partial charge in [0.15, 0.2) is 0 Å². The van der Waals surface area contributed by atoms with Crippen molar-refractivity contribution in [2.45, 2.75) is 19.3 Å². The molecule has 1 aliphatic heterocycles. The molecule has 0 bridgehead atoms. The maximum atomic E-state index is 13.2. The van der Waals surface area contributed by atoms with Crippen molar-refractivity contribution < 1.29 is 4.39 Å². The molecule has 1 aromatic rings. The molecule has 1 heterocycles. The van der Waals surface area contributed by atoms with Gasteiger partial charge in [-0.2, -0.15) is 0 Å². The largest absolute Gasteiger partial charge is 0.316 e. The van der Waals surface area contributed by atoms with Crippen molar-refractivity contribution >= 4 is 0 Å². The van der Waals surface area contributed by atoms with Crippen LogP contribution in [0.2, 0.25) is 0 Å². The van der Waals surface area contributed by atoms with Gasteiger partial charge in [-0.3, -0.25) is 0 Å². The highest BCUT2D eigenvalue weighted by atomic mass is 19.1. The van der Waals surface area contributed by atoms with Gasteiger partial charge in [0.25, 0.3) is 0 Å². The lowest BCUT2D eigenvalue weighted by atomic mass is 9.84. The van der Waals surface area contributed by atoms with Gasteiger partial charge >= 0.3 is 0 Å². The Morgan fingerprint density at radius 1 is 1.41 bits per heavy atom. The molecule has 94 valence electrons. The Bertz CT molecular complexity index is 372. The standard InChI is InChI=1S/C14H21FN2/c1-14(2,10-17-9-11-7-16-8-11)12-4-3-5-13(15)6-12/h3-6,11,16-17H,7-10H2,1-2H3. The Balaban J connectivity index is 1.88. The van der Waals surface area contributed by atoms with Crippen LogP contribution in [0.3, 0.4) is 0 Å². The molecule has 1 aliphatic rings. The van der Waals surface area contributed by atoms with E-state index in [-0.39, 0.29) is 11.2 Å². The van der Waals surface area contributed by atoms with Crippen LogP contribution in [0.4, 0.5) is 4.39 Å². The second kappa shape index (κ2) is 5.15. The first kappa shape index (κ1) is 12.5. The summed E-state index contributed by atoms with van der Waals surface area (Å²) in [5.41, 5.74) is 1.02. The number of benzene rings is 1. The van der Waals surface area contributed by atoms with Crippen LogP contribution in [0.1, 0.15) is 19.4 Å². The van der Waals surface area contributed by atoms with Crippen LogP contribution in [0.5, 0.6) is 0 Å². The zero-order chi connectivity index (χ0) is 12.3.